The number of halogens is 1. The Bertz CT molecular complexity index is 949. The van der Waals surface area contributed by atoms with Gasteiger partial charge in [0.15, 0.2) is 5.76 Å². The Morgan fingerprint density at radius 1 is 1.04 bits per heavy atom. The van der Waals surface area contributed by atoms with Crippen LogP contribution in [0.15, 0.2) is 65.1 Å². The minimum absolute atomic E-state index is 0.146. The lowest BCUT2D eigenvalue weighted by atomic mass is 10.1. The Morgan fingerprint density at radius 3 is 2.48 bits per heavy atom. The van der Waals surface area contributed by atoms with Gasteiger partial charge in [-0.05, 0) is 42.0 Å². The van der Waals surface area contributed by atoms with Crippen molar-refractivity contribution in [2.45, 2.75) is 13.2 Å². The summed E-state index contributed by atoms with van der Waals surface area (Å²) in [5, 5.41) is 12.1. The Morgan fingerprint density at radius 2 is 1.78 bits per heavy atom. The minimum atomic E-state index is -0.993. The second-order valence-corrected chi connectivity index (χ2v) is 6.08. The number of ether oxygens (including phenoxy) is 1. The van der Waals surface area contributed by atoms with Crippen LogP contribution in [0.3, 0.4) is 0 Å². The lowest BCUT2D eigenvalue weighted by molar-refractivity contribution is 0.0696. The monoisotopic (exact) mass is 385 g/mol. The van der Waals surface area contributed by atoms with Crippen LogP contribution in [-0.2, 0) is 13.2 Å². The number of carbonyl (C=O) groups excluding carboxylic acids is 1. The zero-order valence-corrected chi connectivity index (χ0v) is 14.9. The summed E-state index contributed by atoms with van der Waals surface area (Å²) in [7, 11) is 0. The number of amides is 1. The molecule has 3 aromatic rings. The number of carboxylic acid groups (broad SMARTS) is 1. The molecule has 6 nitrogen and oxygen atoms in total. The van der Waals surface area contributed by atoms with Crippen molar-refractivity contribution in [2.75, 3.05) is 0 Å². The van der Waals surface area contributed by atoms with E-state index in [1.165, 1.54) is 12.1 Å². The topological polar surface area (TPSA) is 88.8 Å². The van der Waals surface area contributed by atoms with Crippen LogP contribution >= 0.6 is 11.6 Å². The van der Waals surface area contributed by atoms with Gasteiger partial charge in [-0.25, -0.2) is 4.79 Å². The number of carboxylic acids is 1. The largest absolute Gasteiger partial charge is 0.484 e. The third kappa shape index (κ3) is 4.89. The van der Waals surface area contributed by atoms with Gasteiger partial charge in [-0.1, -0.05) is 35.9 Å². The van der Waals surface area contributed by atoms with Crippen LogP contribution in [0.25, 0.3) is 0 Å². The van der Waals surface area contributed by atoms with Gasteiger partial charge in [-0.15, -0.1) is 0 Å². The fraction of sp³-hybridized carbons (Fsp3) is 0.100. The fourth-order valence-corrected chi connectivity index (χ4v) is 2.51. The van der Waals surface area contributed by atoms with Crippen molar-refractivity contribution in [2.24, 2.45) is 0 Å². The molecule has 1 heterocycles. The molecule has 0 radical (unpaired) electrons. The number of rotatable bonds is 7. The van der Waals surface area contributed by atoms with Crippen molar-refractivity contribution >= 4 is 23.5 Å². The molecule has 1 aromatic heterocycles. The first kappa shape index (κ1) is 18.5. The van der Waals surface area contributed by atoms with Gasteiger partial charge in [0.2, 0.25) is 0 Å². The van der Waals surface area contributed by atoms with Gasteiger partial charge in [-0.3, -0.25) is 4.79 Å². The average Bonchev–Trinajstić information content (AvgIpc) is 3.15. The van der Waals surface area contributed by atoms with Crippen molar-refractivity contribution in [3.63, 3.8) is 0 Å². The first-order chi connectivity index (χ1) is 13.0. The zero-order valence-electron chi connectivity index (χ0n) is 14.1. The summed E-state index contributed by atoms with van der Waals surface area (Å²) in [5.41, 5.74) is 0.974. The molecule has 0 spiro atoms. The molecule has 0 aliphatic carbocycles. The number of carbonyl (C=O) groups is 2. The SMILES string of the molecule is O=C(O)c1ccc(CNC(=O)c2ccc(COc3ccccc3Cl)o2)cc1. The molecule has 1 amide bonds. The predicted molar refractivity (Wildman–Crippen MR) is 99.1 cm³/mol. The zero-order chi connectivity index (χ0) is 19.2. The highest BCUT2D eigenvalue weighted by atomic mass is 35.5. The summed E-state index contributed by atoms with van der Waals surface area (Å²) in [5.74, 6) is -0.179. The van der Waals surface area contributed by atoms with Crippen molar-refractivity contribution in [1.82, 2.24) is 5.32 Å². The highest BCUT2D eigenvalue weighted by molar-refractivity contribution is 6.32. The molecule has 7 heteroatoms. The van der Waals surface area contributed by atoms with Crippen LogP contribution in [0.1, 0.15) is 32.2 Å². The Labute approximate surface area is 160 Å². The summed E-state index contributed by atoms with van der Waals surface area (Å²) in [6.45, 7) is 0.401. The number of nitrogens with one attached hydrogen (secondary N) is 1. The molecule has 0 aliphatic heterocycles. The molecular weight excluding hydrogens is 370 g/mol. The van der Waals surface area contributed by atoms with Crippen molar-refractivity contribution < 1.29 is 23.8 Å². The van der Waals surface area contributed by atoms with Crippen LogP contribution in [-0.4, -0.2) is 17.0 Å². The minimum Gasteiger partial charge on any atom is -0.484 e. The lowest BCUT2D eigenvalue weighted by Gasteiger charge is -2.06. The fourth-order valence-electron chi connectivity index (χ4n) is 2.32. The van der Waals surface area contributed by atoms with Gasteiger partial charge in [0.05, 0.1) is 10.6 Å². The molecular formula is C20H16ClNO5. The van der Waals surface area contributed by atoms with Crippen LogP contribution in [0.4, 0.5) is 0 Å². The Balaban J connectivity index is 1.53. The van der Waals surface area contributed by atoms with Gasteiger partial charge < -0.3 is 19.6 Å². The van der Waals surface area contributed by atoms with Crippen molar-refractivity contribution in [3.8, 4) is 5.75 Å². The third-order valence-corrected chi connectivity index (χ3v) is 4.06. The van der Waals surface area contributed by atoms with E-state index in [1.807, 2.05) is 6.07 Å². The van der Waals surface area contributed by atoms with Crippen LogP contribution < -0.4 is 10.1 Å². The number of hydrogen-bond donors (Lipinski definition) is 2. The molecule has 0 unspecified atom stereocenters. The number of para-hydroxylation sites is 1. The number of furan rings is 1. The molecule has 0 aliphatic rings. The number of benzene rings is 2. The molecule has 2 aromatic carbocycles. The van der Waals surface area contributed by atoms with Crippen LogP contribution in [0.2, 0.25) is 5.02 Å². The van der Waals surface area contributed by atoms with E-state index in [1.54, 1.807) is 42.5 Å². The van der Waals surface area contributed by atoms with E-state index in [4.69, 9.17) is 25.9 Å². The van der Waals surface area contributed by atoms with Crippen LogP contribution in [0.5, 0.6) is 5.75 Å². The highest BCUT2D eigenvalue weighted by Gasteiger charge is 2.12. The maximum atomic E-state index is 12.2. The van der Waals surface area contributed by atoms with Crippen LogP contribution in [0, 0.1) is 0 Å². The summed E-state index contributed by atoms with van der Waals surface area (Å²) in [6.07, 6.45) is 0. The van der Waals surface area contributed by atoms with E-state index in [0.29, 0.717) is 16.5 Å². The van der Waals surface area contributed by atoms with Gasteiger partial charge in [0.25, 0.3) is 5.91 Å². The van der Waals surface area contributed by atoms with Gasteiger partial charge in [0.1, 0.15) is 18.1 Å². The molecule has 0 saturated heterocycles. The van der Waals surface area contributed by atoms with E-state index in [-0.39, 0.29) is 30.4 Å². The second-order valence-electron chi connectivity index (χ2n) is 5.67. The quantitative estimate of drug-likeness (QED) is 0.638. The van der Waals surface area contributed by atoms with Crippen molar-refractivity contribution in [3.05, 3.63) is 88.3 Å². The first-order valence-electron chi connectivity index (χ1n) is 8.09. The summed E-state index contributed by atoms with van der Waals surface area (Å²) < 4.78 is 11.1. The average molecular weight is 386 g/mol. The lowest BCUT2D eigenvalue weighted by Crippen LogP contribution is -2.22. The maximum Gasteiger partial charge on any atom is 0.335 e. The Kier molecular flexibility index (Phi) is 5.78. The molecule has 0 bridgehead atoms. The maximum absolute atomic E-state index is 12.2. The summed E-state index contributed by atoms with van der Waals surface area (Å²) in [4.78, 5) is 23.0. The summed E-state index contributed by atoms with van der Waals surface area (Å²) in [6, 6.07) is 16.6. The molecule has 0 saturated carbocycles. The molecule has 3 rings (SSSR count). The van der Waals surface area contributed by atoms with E-state index in [9.17, 15) is 9.59 Å². The predicted octanol–water partition coefficient (Wildman–Crippen LogP) is 4.14. The molecule has 0 atom stereocenters. The van der Waals surface area contributed by atoms with E-state index in [2.05, 4.69) is 5.32 Å². The third-order valence-electron chi connectivity index (χ3n) is 3.75. The van der Waals surface area contributed by atoms with Gasteiger partial charge in [0, 0.05) is 6.54 Å². The Hall–Kier alpha value is -3.25. The van der Waals surface area contributed by atoms with Crippen molar-refractivity contribution in [1.29, 1.82) is 0 Å². The normalized spacial score (nSPS) is 10.4. The highest BCUT2D eigenvalue weighted by Crippen LogP contribution is 2.24. The smallest absolute Gasteiger partial charge is 0.335 e. The molecule has 138 valence electrons. The van der Waals surface area contributed by atoms with Gasteiger partial charge >= 0.3 is 5.97 Å². The molecule has 0 fully saturated rings. The molecule has 27 heavy (non-hydrogen) atoms. The number of aromatic carboxylic acids is 1. The number of hydrogen-bond acceptors (Lipinski definition) is 4. The van der Waals surface area contributed by atoms with E-state index >= 15 is 0 Å². The second kappa shape index (κ2) is 8.42. The molecule has 2 N–H and O–H groups in total. The van der Waals surface area contributed by atoms with Gasteiger partial charge in [-0.2, -0.15) is 0 Å². The summed E-state index contributed by atoms with van der Waals surface area (Å²) >= 11 is 6.02. The first-order valence-corrected chi connectivity index (χ1v) is 8.47. The van der Waals surface area contributed by atoms with E-state index < -0.39 is 5.97 Å². The standard InChI is InChI=1S/C20H16ClNO5/c21-16-3-1-2-4-17(16)26-12-15-9-10-18(27-15)19(23)22-11-13-5-7-14(8-6-13)20(24)25/h1-10H,11-12H2,(H,22,23)(H,24,25). The van der Waals surface area contributed by atoms with E-state index in [0.717, 1.165) is 5.56 Å².